The molecule has 1 aliphatic rings. The quantitative estimate of drug-likeness (QED) is 0.619. The van der Waals surface area contributed by atoms with E-state index in [2.05, 4.69) is 40.0 Å². The largest absolute Gasteiger partial charge is 0.497 e. The van der Waals surface area contributed by atoms with Crippen LogP contribution in [0.1, 0.15) is 24.5 Å². The van der Waals surface area contributed by atoms with Crippen molar-refractivity contribution in [2.75, 3.05) is 13.7 Å². The molecule has 3 aromatic rings. The molecular formula is C23H25N3O3. The van der Waals surface area contributed by atoms with Gasteiger partial charge in [-0.2, -0.15) is 0 Å². The highest BCUT2D eigenvalue weighted by Crippen LogP contribution is 2.30. The van der Waals surface area contributed by atoms with Crippen LogP contribution < -0.4 is 14.2 Å². The summed E-state index contributed by atoms with van der Waals surface area (Å²) in [4.78, 5) is 10.6. The van der Waals surface area contributed by atoms with Crippen LogP contribution in [0.15, 0.2) is 60.9 Å². The minimum Gasteiger partial charge on any atom is -0.497 e. The highest BCUT2D eigenvalue weighted by atomic mass is 16.5. The number of methoxy groups -OCH3 is 1. The van der Waals surface area contributed by atoms with Crippen LogP contribution in [0.25, 0.3) is 0 Å². The van der Waals surface area contributed by atoms with Crippen LogP contribution in [-0.2, 0) is 13.1 Å². The minimum absolute atomic E-state index is 0.169. The number of aromatic nitrogens is 2. The molecule has 29 heavy (non-hydrogen) atoms. The maximum atomic E-state index is 6.23. The van der Waals surface area contributed by atoms with Crippen LogP contribution in [0.3, 0.4) is 0 Å². The Labute approximate surface area is 171 Å². The number of ether oxygens (including phenoxy) is 3. The number of fused-ring (bicyclic) bond motifs is 1. The molecule has 6 nitrogen and oxygen atoms in total. The van der Waals surface area contributed by atoms with Gasteiger partial charge in [0.2, 0.25) is 0 Å². The average Bonchev–Trinajstić information content (AvgIpc) is 2.93. The van der Waals surface area contributed by atoms with Gasteiger partial charge < -0.3 is 14.2 Å². The third-order valence-corrected chi connectivity index (χ3v) is 4.95. The van der Waals surface area contributed by atoms with Crippen LogP contribution in [0.5, 0.6) is 23.3 Å². The molecule has 0 fully saturated rings. The van der Waals surface area contributed by atoms with Gasteiger partial charge in [-0.25, -0.2) is 9.97 Å². The zero-order valence-corrected chi connectivity index (χ0v) is 16.7. The predicted molar refractivity (Wildman–Crippen MR) is 110 cm³/mol. The fourth-order valence-electron chi connectivity index (χ4n) is 3.43. The topological polar surface area (TPSA) is 56.7 Å². The summed E-state index contributed by atoms with van der Waals surface area (Å²) in [7, 11) is 1.69. The lowest BCUT2D eigenvalue weighted by Crippen LogP contribution is -2.32. The fraction of sp³-hybridized carbons (Fsp3) is 0.304. The molecule has 0 N–H and O–H groups in total. The second kappa shape index (κ2) is 8.92. The van der Waals surface area contributed by atoms with E-state index in [4.69, 9.17) is 14.2 Å². The van der Waals surface area contributed by atoms with E-state index in [1.54, 1.807) is 25.6 Å². The van der Waals surface area contributed by atoms with Gasteiger partial charge in [0.1, 0.15) is 23.4 Å². The van der Waals surface area contributed by atoms with Crippen molar-refractivity contribution in [3.8, 4) is 23.3 Å². The number of nitrogens with zero attached hydrogens (tertiary/aromatic N) is 3. The maximum absolute atomic E-state index is 6.23. The summed E-state index contributed by atoms with van der Waals surface area (Å²) in [5.41, 5.74) is 2.37. The van der Waals surface area contributed by atoms with Gasteiger partial charge in [-0.15, -0.1) is 0 Å². The van der Waals surface area contributed by atoms with E-state index in [0.717, 1.165) is 48.9 Å². The molecule has 0 unspecified atom stereocenters. The standard InChI is InChI=1S/C23H25N3O3/c1-3-19-16-26(15-18-13-21(27-2)9-10-22(18)28-19)14-17-5-7-20(8-6-17)29-23-24-11-4-12-25-23/h4-13,19H,3,14-16H2,1-2H3/t19-/m1/s1. The molecular weight excluding hydrogens is 366 g/mol. The third kappa shape index (κ3) is 4.84. The van der Waals surface area contributed by atoms with E-state index in [1.807, 2.05) is 24.3 Å². The summed E-state index contributed by atoms with van der Waals surface area (Å²) < 4.78 is 17.3. The molecule has 2 heterocycles. The Morgan fingerprint density at radius 3 is 2.55 bits per heavy atom. The van der Waals surface area contributed by atoms with Crippen LogP contribution in [-0.4, -0.2) is 34.6 Å². The van der Waals surface area contributed by atoms with Crippen molar-refractivity contribution in [1.82, 2.24) is 14.9 Å². The summed E-state index contributed by atoms with van der Waals surface area (Å²) in [5, 5.41) is 0. The molecule has 4 rings (SSSR count). The zero-order chi connectivity index (χ0) is 20.1. The SMILES string of the molecule is CC[C@@H]1CN(Cc2ccc(Oc3ncccn3)cc2)Cc2cc(OC)ccc2O1. The van der Waals surface area contributed by atoms with Crippen molar-refractivity contribution in [2.45, 2.75) is 32.5 Å². The van der Waals surface area contributed by atoms with Gasteiger partial charge in [-0.3, -0.25) is 4.90 Å². The maximum Gasteiger partial charge on any atom is 0.321 e. The molecule has 0 saturated heterocycles. The summed E-state index contributed by atoms with van der Waals surface area (Å²) >= 11 is 0. The molecule has 0 spiro atoms. The van der Waals surface area contributed by atoms with Gasteiger partial charge in [0.15, 0.2) is 0 Å². The van der Waals surface area contributed by atoms with Crippen molar-refractivity contribution in [2.24, 2.45) is 0 Å². The van der Waals surface area contributed by atoms with Crippen LogP contribution in [0.4, 0.5) is 0 Å². The lowest BCUT2D eigenvalue weighted by Gasteiger charge is -2.23. The zero-order valence-electron chi connectivity index (χ0n) is 16.7. The second-order valence-electron chi connectivity index (χ2n) is 7.07. The first-order chi connectivity index (χ1) is 14.2. The normalized spacial score (nSPS) is 16.4. The van der Waals surface area contributed by atoms with Crippen molar-refractivity contribution in [1.29, 1.82) is 0 Å². The lowest BCUT2D eigenvalue weighted by atomic mass is 10.1. The number of rotatable bonds is 6. The van der Waals surface area contributed by atoms with E-state index in [1.165, 1.54) is 5.56 Å². The molecule has 1 atom stereocenters. The fourth-order valence-corrected chi connectivity index (χ4v) is 3.43. The van der Waals surface area contributed by atoms with Gasteiger partial charge in [-0.1, -0.05) is 19.1 Å². The minimum atomic E-state index is 0.169. The van der Waals surface area contributed by atoms with E-state index in [-0.39, 0.29) is 6.10 Å². The second-order valence-corrected chi connectivity index (χ2v) is 7.07. The first kappa shape index (κ1) is 19.2. The van der Waals surface area contributed by atoms with Gasteiger partial charge in [-0.05, 0) is 48.4 Å². The Bertz CT molecular complexity index is 932. The molecule has 0 aliphatic carbocycles. The molecule has 2 aromatic carbocycles. The summed E-state index contributed by atoms with van der Waals surface area (Å²) in [6.07, 6.45) is 4.46. The molecule has 1 aliphatic heterocycles. The van der Waals surface area contributed by atoms with Gasteiger partial charge in [0, 0.05) is 37.6 Å². The Balaban J connectivity index is 1.47. The van der Waals surface area contributed by atoms with Crippen molar-refractivity contribution >= 4 is 0 Å². The number of hydrogen-bond donors (Lipinski definition) is 0. The average molecular weight is 391 g/mol. The Kier molecular flexibility index (Phi) is 5.91. The van der Waals surface area contributed by atoms with Crippen molar-refractivity contribution in [3.05, 3.63) is 72.1 Å². The van der Waals surface area contributed by atoms with E-state index >= 15 is 0 Å². The Hall–Kier alpha value is -3.12. The van der Waals surface area contributed by atoms with E-state index in [9.17, 15) is 0 Å². The molecule has 1 aromatic heterocycles. The summed E-state index contributed by atoms with van der Waals surface area (Å²) in [6, 6.07) is 16.2. The first-order valence-electron chi connectivity index (χ1n) is 9.83. The monoisotopic (exact) mass is 391 g/mol. The Morgan fingerprint density at radius 1 is 1.07 bits per heavy atom. The molecule has 0 amide bonds. The molecule has 150 valence electrons. The van der Waals surface area contributed by atoms with E-state index < -0.39 is 0 Å². The van der Waals surface area contributed by atoms with Crippen LogP contribution in [0, 0.1) is 0 Å². The van der Waals surface area contributed by atoms with Gasteiger partial charge in [0.05, 0.1) is 7.11 Å². The Morgan fingerprint density at radius 2 is 1.83 bits per heavy atom. The molecule has 6 heteroatoms. The highest BCUT2D eigenvalue weighted by Gasteiger charge is 2.22. The predicted octanol–water partition coefficient (Wildman–Crippen LogP) is 4.45. The summed E-state index contributed by atoms with van der Waals surface area (Å²) in [5.74, 6) is 2.53. The molecule has 0 bridgehead atoms. The van der Waals surface area contributed by atoms with Gasteiger partial charge in [0.25, 0.3) is 0 Å². The lowest BCUT2D eigenvalue weighted by molar-refractivity contribution is 0.139. The van der Waals surface area contributed by atoms with E-state index in [0.29, 0.717) is 6.01 Å². The van der Waals surface area contributed by atoms with Gasteiger partial charge >= 0.3 is 6.01 Å². The molecule has 0 radical (unpaired) electrons. The van der Waals surface area contributed by atoms with Crippen LogP contribution >= 0.6 is 0 Å². The highest BCUT2D eigenvalue weighted by molar-refractivity contribution is 5.41. The number of hydrogen-bond acceptors (Lipinski definition) is 6. The van der Waals surface area contributed by atoms with Crippen molar-refractivity contribution < 1.29 is 14.2 Å². The molecule has 0 saturated carbocycles. The van der Waals surface area contributed by atoms with Crippen LogP contribution in [0.2, 0.25) is 0 Å². The van der Waals surface area contributed by atoms with Crippen molar-refractivity contribution in [3.63, 3.8) is 0 Å². The smallest absolute Gasteiger partial charge is 0.321 e. The third-order valence-electron chi connectivity index (χ3n) is 4.95. The first-order valence-corrected chi connectivity index (χ1v) is 9.83. The number of benzene rings is 2. The summed E-state index contributed by atoms with van der Waals surface area (Å²) in [6.45, 7) is 4.69.